The molecule has 1 heterocycles. The van der Waals surface area contributed by atoms with Gasteiger partial charge in [-0.2, -0.15) is 0 Å². The fourth-order valence-electron chi connectivity index (χ4n) is 2.62. The van der Waals surface area contributed by atoms with Gasteiger partial charge in [0.1, 0.15) is 0 Å². The highest BCUT2D eigenvalue weighted by Gasteiger charge is 2.21. The first-order valence-corrected chi connectivity index (χ1v) is 6.95. The van der Waals surface area contributed by atoms with E-state index in [1.165, 1.54) is 12.7 Å². The Morgan fingerprint density at radius 2 is 1.81 bits per heavy atom. The highest BCUT2D eigenvalue weighted by molar-refractivity contribution is 5.91. The van der Waals surface area contributed by atoms with Gasteiger partial charge in [-0.15, -0.1) is 0 Å². The van der Waals surface area contributed by atoms with Gasteiger partial charge in [0.25, 0.3) is 0 Å². The second-order valence-electron chi connectivity index (χ2n) is 5.06. The molecule has 0 atom stereocenters. The van der Waals surface area contributed by atoms with Crippen molar-refractivity contribution in [3.05, 3.63) is 77.5 Å². The molecule has 0 N–H and O–H groups in total. The summed E-state index contributed by atoms with van der Waals surface area (Å²) in [6.07, 6.45) is 2.52. The lowest BCUT2D eigenvalue weighted by Crippen LogP contribution is -2.24. The molecule has 0 aliphatic carbocycles. The lowest BCUT2D eigenvalue weighted by Gasteiger charge is -2.28. The zero-order valence-corrected chi connectivity index (χ0v) is 12.0. The molecular formula is C18H17NO2. The van der Waals surface area contributed by atoms with E-state index in [0.717, 1.165) is 17.8 Å². The predicted molar refractivity (Wildman–Crippen MR) is 82.9 cm³/mol. The Morgan fingerprint density at radius 1 is 1.10 bits per heavy atom. The second-order valence-corrected chi connectivity index (χ2v) is 5.06. The average Bonchev–Trinajstić information content (AvgIpc) is 2.55. The predicted octanol–water partition coefficient (Wildman–Crippen LogP) is 3.31. The monoisotopic (exact) mass is 279 g/mol. The van der Waals surface area contributed by atoms with Crippen LogP contribution in [0.2, 0.25) is 0 Å². The first-order valence-electron chi connectivity index (χ1n) is 6.95. The van der Waals surface area contributed by atoms with Crippen LogP contribution in [0.5, 0.6) is 0 Å². The molecule has 3 nitrogen and oxygen atoms in total. The quantitative estimate of drug-likeness (QED) is 0.807. The number of carbonyl (C=O) groups excluding carboxylic acids is 1. The molecule has 0 unspecified atom stereocenters. The minimum Gasteiger partial charge on any atom is -0.466 e. The van der Waals surface area contributed by atoms with Gasteiger partial charge in [-0.05, 0) is 17.2 Å². The maximum Gasteiger partial charge on any atom is 0.335 e. The van der Waals surface area contributed by atoms with Crippen molar-refractivity contribution >= 4 is 11.7 Å². The third kappa shape index (κ3) is 2.82. The van der Waals surface area contributed by atoms with Crippen LogP contribution in [0.1, 0.15) is 11.1 Å². The van der Waals surface area contributed by atoms with Gasteiger partial charge in [-0.25, -0.2) is 4.79 Å². The van der Waals surface area contributed by atoms with Gasteiger partial charge < -0.3 is 9.64 Å². The van der Waals surface area contributed by atoms with Crippen LogP contribution in [0.3, 0.4) is 0 Å². The topological polar surface area (TPSA) is 29.5 Å². The highest BCUT2D eigenvalue weighted by atomic mass is 16.5. The van der Waals surface area contributed by atoms with Crippen LogP contribution in [0.4, 0.5) is 5.69 Å². The number of benzene rings is 2. The molecule has 2 aromatic carbocycles. The summed E-state index contributed by atoms with van der Waals surface area (Å²) in [6.45, 7) is 0.734. The van der Waals surface area contributed by atoms with Crippen LogP contribution < -0.4 is 4.90 Å². The van der Waals surface area contributed by atoms with Crippen molar-refractivity contribution in [1.82, 2.24) is 0 Å². The summed E-state index contributed by atoms with van der Waals surface area (Å²) < 4.78 is 4.87. The van der Waals surface area contributed by atoms with Crippen molar-refractivity contribution in [3.8, 4) is 0 Å². The van der Waals surface area contributed by atoms with Crippen LogP contribution in [0.15, 0.2) is 66.4 Å². The minimum absolute atomic E-state index is 0.262. The molecule has 21 heavy (non-hydrogen) atoms. The molecule has 0 radical (unpaired) electrons. The summed E-state index contributed by atoms with van der Waals surface area (Å²) in [4.78, 5) is 14.0. The lowest BCUT2D eigenvalue weighted by molar-refractivity contribution is -0.136. The SMILES string of the molecule is COC(=O)C1=CN(Cc2ccccc2)c2ccccc2C1. The van der Waals surface area contributed by atoms with Gasteiger partial charge in [0, 0.05) is 24.9 Å². The smallest absolute Gasteiger partial charge is 0.335 e. The molecule has 106 valence electrons. The summed E-state index contributed by atoms with van der Waals surface area (Å²) in [7, 11) is 1.42. The van der Waals surface area contributed by atoms with Crippen molar-refractivity contribution in [2.75, 3.05) is 12.0 Å². The van der Waals surface area contributed by atoms with Gasteiger partial charge in [0.05, 0.1) is 12.7 Å². The number of para-hydroxylation sites is 1. The highest BCUT2D eigenvalue weighted by Crippen LogP contribution is 2.30. The first kappa shape index (κ1) is 13.4. The molecule has 0 bridgehead atoms. The summed E-state index contributed by atoms with van der Waals surface area (Å²) in [5.41, 5.74) is 4.19. The number of esters is 1. The fraction of sp³-hybridized carbons (Fsp3) is 0.167. The largest absolute Gasteiger partial charge is 0.466 e. The summed E-state index contributed by atoms with van der Waals surface area (Å²) in [6, 6.07) is 18.4. The Labute approximate surface area is 124 Å². The number of fused-ring (bicyclic) bond motifs is 1. The van der Waals surface area contributed by atoms with Crippen molar-refractivity contribution in [1.29, 1.82) is 0 Å². The van der Waals surface area contributed by atoms with E-state index in [9.17, 15) is 4.79 Å². The number of hydrogen-bond donors (Lipinski definition) is 0. The summed E-state index contributed by atoms with van der Waals surface area (Å²) >= 11 is 0. The van der Waals surface area contributed by atoms with Crippen molar-refractivity contribution in [2.45, 2.75) is 13.0 Å². The van der Waals surface area contributed by atoms with Gasteiger partial charge in [0.15, 0.2) is 0 Å². The molecule has 0 saturated carbocycles. The molecule has 2 aromatic rings. The maximum atomic E-state index is 11.9. The zero-order chi connectivity index (χ0) is 14.7. The fourth-order valence-corrected chi connectivity index (χ4v) is 2.62. The normalized spacial score (nSPS) is 13.4. The van der Waals surface area contributed by atoms with Crippen LogP contribution >= 0.6 is 0 Å². The number of nitrogens with zero attached hydrogens (tertiary/aromatic N) is 1. The molecule has 3 heteroatoms. The number of anilines is 1. The van der Waals surface area contributed by atoms with Crippen LogP contribution in [0.25, 0.3) is 0 Å². The lowest BCUT2D eigenvalue weighted by atomic mass is 9.99. The Balaban J connectivity index is 1.96. The molecule has 0 aromatic heterocycles. The molecule has 0 saturated heterocycles. The zero-order valence-electron chi connectivity index (χ0n) is 12.0. The Morgan fingerprint density at radius 3 is 2.57 bits per heavy atom. The number of hydrogen-bond acceptors (Lipinski definition) is 3. The number of rotatable bonds is 3. The molecule has 3 rings (SSSR count). The molecule has 0 spiro atoms. The van der Waals surface area contributed by atoms with Crippen LogP contribution in [-0.2, 0) is 22.5 Å². The summed E-state index contributed by atoms with van der Waals surface area (Å²) in [5.74, 6) is -0.262. The van der Waals surface area contributed by atoms with Gasteiger partial charge >= 0.3 is 5.97 Å². The average molecular weight is 279 g/mol. The third-order valence-electron chi connectivity index (χ3n) is 3.64. The van der Waals surface area contributed by atoms with Crippen LogP contribution in [0, 0.1) is 0 Å². The van der Waals surface area contributed by atoms with Gasteiger partial charge in [-0.1, -0.05) is 48.5 Å². The molecular weight excluding hydrogens is 262 g/mol. The van der Waals surface area contributed by atoms with E-state index in [0.29, 0.717) is 12.0 Å². The van der Waals surface area contributed by atoms with E-state index >= 15 is 0 Å². The Bertz CT molecular complexity index is 677. The Hall–Kier alpha value is -2.55. The van der Waals surface area contributed by atoms with E-state index in [2.05, 4.69) is 29.2 Å². The summed E-state index contributed by atoms with van der Waals surface area (Å²) in [5, 5.41) is 0. The van der Waals surface area contributed by atoms with E-state index in [1.54, 1.807) is 0 Å². The molecule has 0 amide bonds. The number of carbonyl (C=O) groups is 1. The van der Waals surface area contributed by atoms with Gasteiger partial charge in [-0.3, -0.25) is 0 Å². The maximum absolute atomic E-state index is 11.9. The molecule has 1 aliphatic rings. The molecule has 0 fully saturated rings. The van der Waals surface area contributed by atoms with Crippen molar-refractivity contribution in [3.63, 3.8) is 0 Å². The van der Waals surface area contributed by atoms with E-state index in [4.69, 9.17) is 4.74 Å². The first-order chi connectivity index (χ1) is 10.3. The Kier molecular flexibility index (Phi) is 3.73. The van der Waals surface area contributed by atoms with E-state index in [-0.39, 0.29) is 5.97 Å². The van der Waals surface area contributed by atoms with Crippen molar-refractivity contribution < 1.29 is 9.53 Å². The molecule has 1 aliphatic heterocycles. The van der Waals surface area contributed by atoms with Gasteiger partial charge in [0.2, 0.25) is 0 Å². The number of methoxy groups -OCH3 is 1. The second kappa shape index (κ2) is 5.83. The van der Waals surface area contributed by atoms with Crippen molar-refractivity contribution in [2.24, 2.45) is 0 Å². The standard InChI is InChI=1S/C18H17NO2/c1-21-18(20)16-11-15-9-5-6-10-17(15)19(13-16)12-14-7-3-2-4-8-14/h2-10,13H,11-12H2,1H3. The minimum atomic E-state index is -0.262. The van der Waals surface area contributed by atoms with E-state index in [1.807, 2.05) is 36.5 Å². The number of ether oxygens (including phenoxy) is 1. The van der Waals surface area contributed by atoms with E-state index < -0.39 is 0 Å². The van der Waals surface area contributed by atoms with Crippen LogP contribution in [-0.4, -0.2) is 13.1 Å². The third-order valence-corrected chi connectivity index (χ3v) is 3.64.